The van der Waals surface area contributed by atoms with E-state index in [1.165, 1.54) is 17.1 Å². The maximum atomic E-state index is 13.0. The van der Waals surface area contributed by atoms with Gasteiger partial charge in [0.1, 0.15) is 23.3 Å². The van der Waals surface area contributed by atoms with Gasteiger partial charge in [-0.2, -0.15) is 5.10 Å². The first-order valence-corrected chi connectivity index (χ1v) is 10.1. The highest BCUT2D eigenvalue weighted by molar-refractivity contribution is 6.31. The molecule has 9 heteroatoms. The lowest BCUT2D eigenvalue weighted by molar-refractivity contribution is -0.135. The van der Waals surface area contributed by atoms with Gasteiger partial charge in [0, 0.05) is 11.4 Å². The number of rotatable bonds is 7. The SMILES string of the molecule is COc1ccc(C2=NN(C(=O)COc3ccc(Cl)cc3C(N)=O)[C@@H](c3ccco3)C2)cc1. The molecule has 0 aliphatic carbocycles. The van der Waals surface area contributed by atoms with E-state index in [1.807, 2.05) is 24.3 Å². The van der Waals surface area contributed by atoms with E-state index < -0.39 is 17.9 Å². The molecule has 0 fully saturated rings. The first-order chi connectivity index (χ1) is 15.5. The molecule has 2 amide bonds. The zero-order valence-electron chi connectivity index (χ0n) is 17.2. The lowest BCUT2D eigenvalue weighted by atomic mass is 10.0. The van der Waals surface area contributed by atoms with Gasteiger partial charge in [-0.15, -0.1) is 0 Å². The lowest BCUT2D eigenvalue weighted by Gasteiger charge is -2.20. The Kier molecular flexibility index (Phi) is 6.13. The molecule has 2 N–H and O–H groups in total. The van der Waals surface area contributed by atoms with Crippen molar-refractivity contribution in [3.05, 3.63) is 82.8 Å². The minimum atomic E-state index is -0.704. The van der Waals surface area contributed by atoms with Crippen LogP contribution in [-0.4, -0.2) is 36.3 Å². The molecule has 1 atom stereocenters. The maximum Gasteiger partial charge on any atom is 0.281 e. The van der Waals surface area contributed by atoms with Gasteiger partial charge in [-0.3, -0.25) is 9.59 Å². The molecule has 32 heavy (non-hydrogen) atoms. The molecule has 0 unspecified atom stereocenters. The Labute approximate surface area is 189 Å². The van der Waals surface area contributed by atoms with Crippen molar-refractivity contribution in [1.82, 2.24) is 5.01 Å². The number of nitrogens with zero attached hydrogens (tertiary/aromatic N) is 2. The van der Waals surface area contributed by atoms with Crippen molar-refractivity contribution in [1.29, 1.82) is 0 Å². The average molecular weight is 454 g/mol. The third-order valence-electron chi connectivity index (χ3n) is 5.02. The summed E-state index contributed by atoms with van der Waals surface area (Å²) in [6.07, 6.45) is 2.02. The lowest BCUT2D eigenvalue weighted by Crippen LogP contribution is -2.31. The molecule has 0 bridgehead atoms. The first-order valence-electron chi connectivity index (χ1n) is 9.76. The number of carbonyl (C=O) groups excluding carboxylic acids is 2. The van der Waals surface area contributed by atoms with Crippen molar-refractivity contribution < 1.29 is 23.5 Å². The molecule has 0 saturated carbocycles. The van der Waals surface area contributed by atoms with Crippen LogP contribution >= 0.6 is 11.6 Å². The summed E-state index contributed by atoms with van der Waals surface area (Å²) in [7, 11) is 1.60. The first kappa shape index (κ1) is 21.5. The molecule has 2 heterocycles. The van der Waals surface area contributed by atoms with Gasteiger partial charge >= 0.3 is 0 Å². The number of halogens is 1. The van der Waals surface area contributed by atoms with Crippen molar-refractivity contribution in [3.8, 4) is 11.5 Å². The van der Waals surface area contributed by atoms with E-state index in [-0.39, 0.29) is 17.9 Å². The molecule has 3 aromatic rings. The zero-order valence-corrected chi connectivity index (χ0v) is 17.9. The Bertz CT molecular complexity index is 1160. The quantitative estimate of drug-likeness (QED) is 0.585. The molecule has 0 saturated heterocycles. The van der Waals surface area contributed by atoms with E-state index in [0.29, 0.717) is 17.2 Å². The monoisotopic (exact) mass is 453 g/mol. The van der Waals surface area contributed by atoms with Crippen molar-refractivity contribution in [2.45, 2.75) is 12.5 Å². The van der Waals surface area contributed by atoms with Crippen LogP contribution in [-0.2, 0) is 4.79 Å². The molecule has 2 aromatic carbocycles. The van der Waals surface area contributed by atoms with Crippen LogP contribution in [0.25, 0.3) is 0 Å². The number of methoxy groups -OCH3 is 1. The molecule has 164 valence electrons. The fourth-order valence-electron chi connectivity index (χ4n) is 3.43. The van der Waals surface area contributed by atoms with E-state index in [2.05, 4.69) is 5.10 Å². The second-order valence-electron chi connectivity index (χ2n) is 7.04. The van der Waals surface area contributed by atoms with Gasteiger partial charge in [-0.1, -0.05) is 11.6 Å². The topological polar surface area (TPSA) is 107 Å². The average Bonchev–Trinajstić information content (AvgIpc) is 3.48. The molecule has 1 aromatic heterocycles. The highest BCUT2D eigenvalue weighted by Gasteiger charge is 2.35. The number of furan rings is 1. The summed E-state index contributed by atoms with van der Waals surface area (Å²) in [5.74, 6) is 0.396. The van der Waals surface area contributed by atoms with Gasteiger partial charge < -0.3 is 19.6 Å². The summed E-state index contributed by atoms with van der Waals surface area (Å²) >= 11 is 5.92. The summed E-state index contributed by atoms with van der Waals surface area (Å²) in [6.45, 7) is -0.349. The van der Waals surface area contributed by atoms with Crippen LogP contribution in [0.4, 0.5) is 0 Å². The minimum Gasteiger partial charge on any atom is -0.497 e. The van der Waals surface area contributed by atoms with Crippen LogP contribution < -0.4 is 15.2 Å². The second kappa shape index (κ2) is 9.15. The summed E-state index contributed by atoms with van der Waals surface area (Å²) < 4.78 is 16.3. The van der Waals surface area contributed by atoms with Crippen molar-refractivity contribution in [2.24, 2.45) is 10.8 Å². The molecule has 8 nitrogen and oxygen atoms in total. The smallest absolute Gasteiger partial charge is 0.281 e. The normalized spacial score (nSPS) is 15.4. The van der Waals surface area contributed by atoms with Crippen LogP contribution in [0.1, 0.15) is 34.1 Å². The van der Waals surface area contributed by atoms with E-state index >= 15 is 0 Å². The number of hydrazone groups is 1. The second-order valence-corrected chi connectivity index (χ2v) is 7.48. The summed E-state index contributed by atoms with van der Waals surface area (Å²) in [5.41, 5.74) is 7.08. The minimum absolute atomic E-state index is 0.0942. The highest BCUT2D eigenvalue weighted by Crippen LogP contribution is 2.33. The van der Waals surface area contributed by atoms with Crippen molar-refractivity contribution in [2.75, 3.05) is 13.7 Å². The number of ether oxygens (including phenoxy) is 2. The number of hydrogen-bond acceptors (Lipinski definition) is 6. The Balaban J connectivity index is 1.56. The Morgan fingerprint density at radius 1 is 1.22 bits per heavy atom. The van der Waals surface area contributed by atoms with Gasteiger partial charge in [-0.05, 0) is 60.2 Å². The summed E-state index contributed by atoms with van der Waals surface area (Å²) in [6, 6.07) is 15.0. The Hall–Kier alpha value is -3.78. The van der Waals surface area contributed by atoms with Crippen molar-refractivity contribution >= 4 is 29.1 Å². The van der Waals surface area contributed by atoms with Crippen LogP contribution in [0.2, 0.25) is 5.02 Å². The highest BCUT2D eigenvalue weighted by atomic mass is 35.5. The van der Waals surface area contributed by atoms with Gasteiger partial charge in [-0.25, -0.2) is 5.01 Å². The predicted octanol–water partition coefficient (Wildman–Crippen LogP) is 3.80. The molecule has 1 aliphatic rings. The van der Waals surface area contributed by atoms with E-state index in [1.54, 1.807) is 31.6 Å². The fourth-order valence-corrected chi connectivity index (χ4v) is 3.60. The van der Waals surface area contributed by atoms with Crippen LogP contribution in [0.15, 0.2) is 70.4 Å². The van der Waals surface area contributed by atoms with E-state index in [0.717, 1.165) is 17.0 Å². The van der Waals surface area contributed by atoms with E-state index in [4.69, 9.17) is 31.2 Å². The molecular formula is C23H20ClN3O5. The standard InChI is InChI=1S/C23H20ClN3O5/c1-30-16-7-4-14(5-8-16)18-12-19(21-3-2-10-31-21)27(26-18)22(28)13-32-20-9-6-15(24)11-17(20)23(25)29/h2-11,19H,12-13H2,1H3,(H2,25,29)/t19-/m1/s1. The Morgan fingerprint density at radius 2 is 2.00 bits per heavy atom. The summed E-state index contributed by atoms with van der Waals surface area (Å²) in [5, 5.41) is 6.22. The van der Waals surface area contributed by atoms with Crippen molar-refractivity contribution in [3.63, 3.8) is 0 Å². The number of hydrogen-bond donors (Lipinski definition) is 1. The number of benzene rings is 2. The van der Waals surface area contributed by atoms with Gasteiger partial charge in [0.15, 0.2) is 6.61 Å². The maximum absolute atomic E-state index is 13.0. The third-order valence-corrected chi connectivity index (χ3v) is 5.25. The van der Waals surface area contributed by atoms with Crippen LogP contribution in [0, 0.1) is 0 Å². The van der Waals surface area contributed by atoms with Gasteiger partial charge in [0.2, 0.25) is 0 Å². The largest absolute Gasteiger partial charge is 0.497 e. The number of carbonyl (C=O) groups is 2. The van der Waals surface area contributed by atoms with Gasteiger partial charge in [0.05, 0.1) is 24.6 Å². The zero-order chi connectivity index (χ0) is 22.7. The number of amides is 2. The van der Waals surface area contributed by atoms with Gasteiger partial charge in [0.25, 0.3) is 11.8 Å². The van der Waals surface area contributed by atoms with Crippen LogP contribution in [0.3, 0.4) is 0 Å². The summed E-state index contributed by atoms with van der Waals surface area (Å²) in [4.78, 5) is 24.7. The fraction of sp³-hybridized carbons (Fsp3) is 0.174. The number of nitrogens with two attached hydrogens (primary N) is 1. The number of primary amides is 1. The van der Waals surface area contributed by atoms with E-state index in [9.17, 15) is 9.59 Å². The molecular weight excluding hydrogens is 434 g/mol. The molecule has 0 radical (unpaired) electrons. The molecule has 1 aliphatic heterocycles. The molecule has 0 spiro atoms. The molecule has 4 rings (SSSR count). The van der Waals surface area contributed by atoms with Crippen LogP contribution in [0.5, 0.6) is 11.5 Å². The third kappa shape index (κ3) is 4.45. The Morgan fingerprint density at radius 3 is 2.66 bits per heavy atom. The predicted molar refractivity (Wildman–Crippen MR) is 118 cm³/mol.